The van der Waals surface area contributed by atoms with Crippen LogP contribution in [0.5, 0.6) is 0 Å². The van der Waals surface area contributed by atoms with Gasteiger partial charge in [-0.25, -0.2) is 28.5 Å². The normalized spacial score (nSPS) is 10.7. The molecular formula is C28H42Br2N2O11. The SMILES string of the molecule is C.CC(C)(C)OC(=O)OC(=O)OC(C)(C)C.COC(=O)c1cc(Br)c[nH]1.COC(=O)c1cc(Br)cn1C(=O)OC(C)(C)C. The third-order valence-corrected chi connectivity index (χ3v) is 4.66. The van der Waals surface area contributed by atoms with E-state index >= 15 is 0 Å². The first-order valence-electron chi connectivity index (χ1n) is 12.2. The van der Waals surface area contributed by atoms with E-state index < -0.39 is 41.2 Å². The lowest BCUT2D eigenvalue weighted by atomic mass is 10.2. The highest BCUT2D eigenvalue weighted by atomic mass is 79.9. The Morgan fingerprint density at radius 3 is 1.49 bits per heavy atom. The fourth-order valence-corrected chi connectivity index (χ4v) is 3.12. The lowest BCUT2D eigenvalue weighted by Gasteiger charge is -2.20. The van der Waals surface area contributed by atoms with Crippen LogP contribution in [0.1, 0.15) is 90.7 Å². The molecule has 2 rings (SSSR count). The second-order valence-electron chi connectivity index (χ2n) is 11.1. The Hall–Kier alpha value is -3.33. The Labute approximate surface area is 269 Å². The molecular weight excluding hydrogens is 700 g/mol. The zero-order valence-electron chi connectivity index (χ0n) is 25.5. The molecule has 0 unspecified atom stereocenters. The van der Waals surface area contributed by atoms with Crippen LogP contribution in [0.2, 0.25) is 0 Å². The van der Waals surface area contributed by atoms with E-state index in [9.17, 15) is 24.0 Å². The molecule has 2 heterocycles. The van der Waals surface area contributed by atoms with Crippen molar-refractivity contribution < 1.29 is 52.4 Å². The van der Waals surface area contributed by atoms with Crippen molar-refractivity contribution in [1.82, 2.24) is 9.55 Å². The average Bonchev–Trinajstić information content (AvgIpc) is 3.40. The van der Waals surface area contributed by atoms with Gasteiger partial charge in [0.25, 0.3) is 0 Å². The molecule has 15 heteroatoms. The van der Waals surface area contributed by atoms with E-state index in [1.807, 2.05) is 0 Å². The van der Waals surface area contributed by atoms with E-state index in [0.29, 0.717) is 10.2 Å². The van der Waals surface area contributed by atoms with Gasteiger partial charge in [0, 0.05) is 21.3 Å². The van der Waals surface area contributed by atoms with Gasteiger partial charge in [-0.3, -0.25) is 0 Å². The Balaban J connectivity index is 0. The van der Waals surface area contributed by atoms with Crippen molar-refractivity contribution in [3.63, 3.8) is 0 Å². The number of halogens is 2. The number of rotatable bonds is 2. The highest BCUT2D eigenvalue weighted by molar-refractivity contribution is 9.10. The van der Waals surface area contributed by atoms with Crippen molar-refractivity contribution in [1.29, 1.82) is 0 Å². The predicted octanol–water partition coefficient (Wildman–Crippen LogP) is 7.89. The van der Waals surface area contributed by atoms with Gasteiger partial charge in [-0.15, -0.1) is 0 Å². The predicted molar refractivity (Wildman–Crippen MR) is 165 cm³/mol. The smallest absolute Gasteiger partial charge is 0.464 e. The second kappa shape index (κ2) is 17.7. The molecule has 0 bridgehead atoms. The minimum absolute atomic E-state index is 0. The van der Waals surface area contributed by atoms with Crippen LogP contribution < -0.4 is 0 Å². The quantitative estimate of drug-likeness (QED) is 0.181. The number of esters is 2. The summed E-state index contributed by atoms with van der Waals surface area (Å²) in [6.07, 6.45) is 0.393. The van der Waals surface area contributed by atoms with E-state index in [-0.39, 0.29) is 19.1 Å². The van der Waals surface area contributed by atoms with Gasteiger partial charge in [0.1, 0.15) is 28.2 Å². The summed E-state index contributed by atoms with van der Waals surface area (Å²) in [6.45, 7) is 15.3. The van der Waals surface area contributed by atoms with Crippen LogP contribution in [0.4, 0.5) is 14.4 Å². The molecule has 0 fully saturated rings. The van der Waals surface area contributed by atoms with Gasteiger partial charge in [0.15, 0.2) is 0 Å². The van der Waals surface area contributed by atoms with Crippen molar-refractivity contribution >= 4 is 62.2 Å². The number of nitrogens with zero attached hydrogens (tertiary/aromatic N) is 1. The van der Waals surface area contributed by atoms with Crippen LogP contribution in [0.25, 0.3) is 0 Å². The first-order valence-corrected chi connectivity index (χ1v) is 13.8. The summed E-state index contributed by atoms with van der Waals surface area (Å²) in [5.74, 6) is -0.952. The number of carbonyl (C=O) groups excluding carboxylic acids is 5. The van der Waals surface area contributed by atoms with E-state index in [0.717, 1.165) is 9.04 Å². The minimum Gasteiger partial charge on any atom is -0.464 e. The molecule has 2 aromatic heterocycles. The molecule has 0 amide bonds. The molecule has 2 aromatic rings. The summed E-state index contributed by atoms with van der Waals surface area (Å²) in [4.78, 5) is 58.8. The van der Waals surface area contributed by atoms with E-state index in [1.54, 1.807) is 74.6 Å². The maximum atomic E-state index is 11.8. The van der Waals surface area contributed by atoms with Gasteiger partial charge in [-0.2, -0.15) is 0 Å². The molecule has 43 heavy (non-hydrogen) atoms. The maximum absolute atomic E-state index is 11.8. The Bertz CT molecular complexity index is 1200. The third-order valence-electron chi connectivity index (χ3n) is 3.77. The molecule has 0 radical (unpaired) electrons. The molecule has 1 N–H and O–H groups in total. The minimum atomic E-state index is -1.06. The molecule has 0 aliphatic rings. The Morgan fingerprint density at radius 2 is 1.14 bits per heavy atom. The van der Waals surface area contributed by atoms with Crippen LogP contribution >= 0.6 is 31.9 Å². The van der Waals surface area contributed by atoms with Crippen molar-refractivity contribution in [3.8, 4) is 0 Å². The standard InChI is InChI=1S/C11H14BrNO4.C10H18O5.C6H6BrNO2.CH4/c1-11(2,3)17-10(15)13-6-7(12)5-8(13)9(14)16-4;1-9(2,3)14-7(11)13-8(12)15-10(4,5)6;1-10-6(9)5-2-4(7)3-8-5;/h5-6H,1-4H3;1-6H3;2-3,8H,1H3;1H4. The van der Waals surface area contributed by atoms with Crippen molar-refractivity contribution in [2.75, 3.05) is 14.2 Å². The molecule has 244 valence electrons. The van der Waals surface area contributed by atoms with Crippen molar-refractivity contribution in [2.45, 2.75) is 86.5 Å². The van der Waals surface area contributed by atoms with Gasteiger partial charge >= 0.3 is 30.3 Å². The molecule has 0 saturated carbocycles. The highest BCUT2D eigenvalue weighted by Crippen LogP contribution is 2.18. The van der Waals surface area contributed by atoms with Gasteiger partial charge < -0.3 is 33.4 Å². The van der Waals surface area contributed by atoms with E-state index in [1.165, 1.54) is 26.5 Å². The fourth-order valence-electron chi connectivity index (χ4n) is 2.36. The monoisotopic (exact) mass is 740 g/mol. The fraction of sp³-hybridized carbons (Fsp3) is 0.536. The van der Waals surface area contributed by atoms with Gasteiger partial charge in [-0.05, 0) is 106 Å². The first-order chi connectivity index (χ1) is 19.0. The van der Waals surface area contributed by atoms with Crippen LogP contribution in [0.15, 0.2) is 33.5 Å². The number of carbonyl (C=O) groups is 5. The number of hydrogen-bond acceptors (Lipinski definition) is 11. The summed E-state index contributed by atoms with van der Waals surface area (Å²) in [5, 5.41) is 0. The molecule has 0 saturated heterocycles. The summed E-state index contributed by atoms with van der Waals surface area (Å²) in [5.41, 5.74) is -1.44. The summed E-state index contributed by atoms with van der Waals surface area (Å²) in [7, 11) is 2.60. The number of hydrogen-bond donors (Lipinski definition) is 1. The van der Waals surface area contributed by atoms with Crippen LogP contribution in [-0.4, -0.2) is 70.9 Å². The number of H-pyrrole nitrogens is 1. The third kappa shape index (κ3) is 18.7. The summed E-state index contributed by atoms with van der Waals surface area (Å²) >= 11 is 6.38. The highest BCUT2D eigenvalue weighted by Gasteiger charge is 2.25. The lowest BCUT2D eigenvalue weighted by molar-refractivity contribution is -0.0294. The largest absolute Gasteiger partial charge is 0.519 e. The van der Waals surface area contributed by atoms with Crippen LogP contribution in [0.3, 0.4) is 0 Å². The van der Waals surface area contributed by atoms with E-state index in [2.05, 4.69) is 51.1 Å². The molecule has 13 nitrogen and oxygen atoms in total. The van der Waals surface area contributed by atoms with Gasteiger partial charge in [-0.1, -0.05) is 7.43 Å². The number of methoxy groups -OCH3 is 2. The van der Waals surface area contributed by atoms with Crippen LogP contribution in [0, 0.1) is 0 Å². The molecule has 0 aliphatic carbocycles. The van der Waals surface area contributed by atoms with Gasteiger partial charge in [0.05, 0.1) is 14.2 Å². The molecule has 0 aromatic carbocycles. The van der Waals surface area contributed by atoms with E-state index in [4.69, 9.17) is 14.2 Å². The number of ether oxygens (including phenoxy) is 6. The van der Waals surface area contributed by atoms with Gasteiger partial charge in [0.2, 0.25) is 0 Å². The second-order valence-corrected chi connectivity index (χ2v) is 13.0. The number of aromatic amines is 1. The van der Waals surface area contributed by atoms with Crippen molar-refractivity contribution in [2.24, 2.45) is 0 Å². The molecule has 0 spiro atoms. The lowest BCUT2D eigenvalue weighted by Crippen LogP contribution is -2.29. The zero-order valence-corrected chi connectivity index (χ0v) is 28.7. The number of aromatic nitrogens is 2. The first kappa shape index (κ1) is 41.8. The summed E-state index contributed by atoms with van der Waals surface area (Å²) in [6, 6.07) is 3.15. The van der Waals surface area contributed by atoms with Crippen molar-refractivity contribution in [3.05, 3.63) is 44.9 Å². The summed E-state index contributed by atoms with van der Waals surface area (Å²) < 4.78 is 30.6. The molecule has 0 aliphatic heterocycles. The topological polar surface area (TPSA) is 161 Å². The Kier molecular flexibility index (Phi) is 17.2. The van der Waals surface area contributed by atoms with Crippen LogP contribution in [-0.2, 0) is 28.4 Å². The molecule has 0 atom stereocenters. The zero-order chi connectivity index (χ0) is 33.1. The Morgan fingerprint density at radius 1 is 0.698 bits per heavy atom. The average molecular weight is 742 g/mol. The maximum Gasteiger partial charge on any atom is 0.519 e. The number of nitrogens with one attached hydrogen (secondary N) is 1.